The van der Waals surface area contributed by atoms with Crippen LogP contribution >= 0.6 is 11.6 Å². The first-order valence-corrected chi connectivity index (χ1v) is 14.6. The lowest BCUT2D eigenvalue weighted by molar-refractivity contribution is -0.118. The maximum atomic E-state index is 13.7. The number of rotatable bonds is 9. The monoisotopic (exact) mass is 610 g/mol. The van der Waals surface area contributed by atoms with Gasteiger partial charge in [-0.25, -0.2) is 4.98 Å². The Morgan fingerprint density at radius 1 is 0.977 bits per heavy atom. The fourth-order valence-corrected chi connectivity index (χ4v) is 5.34. The summed E-state index contributed by atoms with van der Waals surface area (Å²) < 4.78 is 3.40. The molecule has 5 aromatic rings. The van der Waals surface area contributed by atoms with E-state index in [4.69, 9.17) is 11.6 Å². The topological polar surface area (TPSA) is 114 Å². The number of halogens is 1. The van der Waals surface area contributed by atoms with Gasteiger partial charge in [-0.2, -0.15) is 5.10 Å². The molecule has 0 radical (unpaired) electrons. The smallest absolute Gasteiger partial charge is 0.270 e. The number of anilines is 1. The van der Waals surface area contributed by atoms with Crippen LogP contribution in [0.5, 0.6) is 0 Å². The van der Waals surface area contributed by atoms with Crippen LogP contribution in [0.15, 0.2) is 85.3 Å². The molecule has 2 aromatic heterocycles. The molecule has 1 atom stereocenters. The molecule has 0 saturated carbocycles. The van der Waals surface area contributed by atoms with E-state index in [1.165, 1.54) is 10.9 Å². The minimum Gasteiger partial charge on any atom is -0.386 e. The van der Waals surface area contributed by atoms with Gasteiger partial charge in [0.25, 0.3) is 5.91 Å². The van der Waals surface area contributed by atoms with Crippen LogP contribution in [0.2, 0.25) is 5.02 Å². The van der Waals surface area contributed by atoms with E-state index in [-0.39, 0.29) is 6.42 Å². The third-order valence-electron chi connectivity index (χ3n) is 7.59. The van der Waals surface area contributed by atoms with Crippen LogP contribution in [0, 0.1) is 6.92 Å². The van der Waals surface area contributed by atoms with Crippen LogP contribution in [0.4, 0.5) is 5.69 Å². The van der Waals surface area contributed by atoms with Gasteiger partial charge in [-0.05, 0) is 79.4 Å². The average Bonchev–Trinajstić information content (AvgIpc) is 3.57. The molecule has 0 aliphatic carbocycles. The van der Waals surface area contributed by atoms with Crippen molar-refractivity contribution in [3.8, 4) is 22.4 Å². The molecule has 5 rings (SSSR count). The van der Waals surface area contributed by atoms with Crippen molar-refractivity contribution in [1.82, 2.24) is 24.6 Å². The number of nitrogens with zero attached hydrogens (tertiary/aromatic N) is 4. The number of hydrogen-bond donors (Lipinski definition) is 3. The highest BCUT2D eigenvalue weighted by molar-refractivity contribution is 6.31. The SMILES string of the molecule is Cc1ncn(C)c1-c1ccc(NC(=O)[C@H](Cc2cc(-c3cccc(C(C)(C)O)c3)ccc2Cl)NC(=O)c2ccnn2C)cc1. The Labute approximate surface area is 261 Å². The Kier molecular flexibility index (Phi) is 8.71. The quantitative estimate of drug-likeness (QED) is 0.199. The first-order chi connectivity index (χ1) is 20.9. The Balaban J connectivity index is 1.42. The molecule has 0 saturated heterocycles. The van der Waals surface area contributed by atoms with Crippen LogP contribution in [0.25, 0.3) is 22.4 Å². The van der Waals surface area contributed by atoms with Gasteiger partial charge in [0.2, 0.25) is 5.91 Å². The number of hydrogen-bond acceptors (Lipinski definition) is 5. The lowest BCUT2D eigenvalue weighted by Gasteiger charge is -2.21. The molecule has 2 amide bonds. The van der Waals surface area contributed by atoms with Crippen LogP contribution in [-0.2, 0) is 30.9 Å². The number of aliphatic hydroxyl groups is 1. The van der Waals surface area contributed by atoms with E-state index in [0.717, 1.165) is 33.6 Å². The predicted molar refractivity (Wildman–Crippen MR) is 172 cm³/mol. The predicted octanol–water partition coefficient (Wildman–Crippen LogP) is 5.66. The number of nitrogens with one attached hydrogen (secondary N) is 2. The maximum absolute atomic E-state index is 13.7. The van der Waals surface area contributed by atoms with Gasteiger partial charge in [0.1, 0.15) is 11.7 Å². The molecule has 2 heterocycles. The second-order valence-corrected chi connectivity index (χ2v) is 11.8. The van der Waals surface area contributed by atoms with Gasteiger partial charge in [0.15, 0.2) is 0 Å². The summed E-state index contributed by atoms with van der Waals surface area (Å²) in [5, 5.41) is 20.9. The number of benzene rings is 3. The Bertz CT molecular complexity index is 1800. The van der Waals surface area contributed by atoms with Crippen molar-refractivity contribution in [3.63, 3.8) is 0 Å². The van der Waals surface area contributed by atoms with Crippen LogP contribution in [0.1, 0.15) is 41.2 Å². The van der Waals surface area contributed by atoms with Gasteiger partial charge < -0.3 is 20.3 Å². The summed E-state index contributed by atoms with van der Waals surface area (Å²) in [6.07, 6.45) is 3.43. The molecule has 0 spiro atoms. The van der Waals surface area contributed by atoms with Gasteiger partial charge in [0, 0.05) is 43.0 Å². The number of aromatic nitrogens is 4. The van der Waals surface area contributed by atoms with E-state index < -0.39 is 23.5 Å². The molecule has 3 N–H and O–H groups in total. The molecule has 0 aliphatic heterocycles. The van der Waals surface area contributed by atoms with Crippen molar-refractivity contribution < 1.29 is 14.7 Å². The maximum Gasteiger partial charge on any atom is 0.270 e. The number of aryl methyl sites for hydroxylation is 3. The van der Waals surface area contributed by atoms with E-state index in [2.05, 4.69) is 20.7 Å². The molecule has 44 heavy (non-hydrogen) atoms. The van der Waals surface area contributed by atoms with Crippen LogP contribution in [0.3, 0.4) is 0 Å². The minimum atomic E-state index is -1.00. The zero-order valence-corrected chi connectivity index (χ0v) is 26.1. The van der Waals surface area contributed by atoms with Crippen LogP contribution < -0.4 is 10.6 Å². The fraction of sp³-hybridized carbons (Fsp3) is 0.235. The van der Waals surface area contributed by atoms with E-state index >= 15 is 0 Å². The standard InChI is InChI=1S/C34H35ClN6O3/c1-21-31(40(4)20-36-21)22-9-12-27(13-10-22)38-32(42)29(39-33(43)30-15-16-37-41(30)5)19-25-17-24(11-14-28(25)35)23-7-6-8-26(18-23)34(2,3)44/h6-18,20,29,44H,19H2,1-5H3,(H,38,42)(H,39,43)/t29-/m0/s1. The second kappa shape index (κ2) is 12.5. The lowest BCUT2D eigenvalue weighted by atomic mass is 9.93. The molecule has 9 nitrogen and oxygen atoms in total. The summed E-state index contributed by atoms with van der Waals surface area (Å²) in [7, 11) is 3.60. The molecule has 3 aromatic carbocycles. The largest absolute Gasteiger partial charge is 0.386 e. The number of carbonyl (C=O) groups is 2. The summed E-state index contributed by atoms with van der Waals surface area (Å²) in [6, 6.07) is 21.4. The van der Waals surface area contributed by atoms with Gasteiger partial charge in [0.05, 0.1) is 23.3 Å². The van der Waals surface area contributed by atoms with E-state index in [1.54, 1.807) is 39.4 Å². The summed E-state index contributed by atoms with van der Waals surface area (Å²) >= 11 is 6.64. The molecule has 226 valence electrons. The highest BCUT2D eigenvalue weighted by Gasteiger charge is 2.25. The number of amides is 2. The van der Waals surface area contributed by atoms with Crippen molar-refractivity contribution in [2.75, 3.05) is 5.32 Å². The van der Waals surface area contributed by atoms with E-state index in [0.29, 0.717) is 22.0 Å². The fourth-order valence-electron chi connectivity index (χ4n) is 5.15. The zero-order valence-electron chi connectivity index (χ0n) is 25.3. The first kappa shape index (κ1) is 30.7. The van der Waals surface area contributed by atoms with E-state index in [1.807, 2.05) is 79.2 Å². The Morgan fingerprint density at radius 2 is 1.68 bits per heavy atom. The number of imidazole rings is 1. The highest BCUT2D eigenvalue weighted by Crippen LogP contribution is 2.30. The Morgan fingerprint density at radius 3 is 2.32 bits per heavy atom. The van der Waals surface area contributed by atoms with Gasteiger partial charge in [-0.15, -0.1) is 0 Å². The Hall–Kier alpha value is -4.73. The first-order valence-electron chi connectivity index (χ1n) is 14.2. The van der Waals surface area contributed by atoms with Gasteiger partial charge in [-0.1, -0.05) is 48.0 Å². The van der Waals surface area contributed by atoms with Crippen molar-refractivity contribution in [3.05, 3.63) is 113 Å². The average molecular weight is 611 g/mol. The molecule has 10 heteroatoms. The normalized spacial score (nSPS) is 12.2. The molecular weight excluding hydrogens is 576 g/mol. The minimum absolute atomic E-state index is 0.138. The number of carbonyl (C=O) groups excluding carboxylic acids is 2. The van der Waals surface area contributed by atoms with Gasteiger partial charge >= 0.3 is 0 Å². The van der Waals surface area contributed by atoms with Crippen molar-refractivity contribution in [2.24, 2.45) is 14.1 Å². The second-order valence-electron chi connectivity index (χ2n) is 11.4. The van der Waals surface area contributed by atoms with Crippen LogP contribution in [-0.4, -0.2) is 42.3 Å². The zero-order chi connectivity index (χ0) is 31.6. The van der Waals surface area contributed by atoms with Crippen molar-refractivity contribution >= 4 is 29.1 Å². The molecule has 0 bridgehead atoms. The summed E-state index contributed by atoms with van der Waals surface area (Å²) in [4.78, 5) is 31.3. The third kappa shape index (κ3) is 6.74. The highest BCUT2D eigenvalue weighted by atomic mass is 35.5. The molecule has 0 fully saturated rings. The molecular formula is C34H35ClN6O3. The summed E-state index contributed by atoms with van der Waals surface area (Å²) in [5.41, 5.74) is 6.00. The lowest BCUT2D eigenvalue weighted by Crippen LogP contribution is -2.45. The third-order valence-corrected chi connectivity index (χ3v) is 7.96. The van der Waals surface area contributed by atoms with E-state index in [9.17, 15) is 14.7 Å². The molecule has 0 unspecified atom stereocenters. The van der Waals surface area contributed by atoms with Crippen molar-refractivity contribution in [1.29, 1.82) is 0 Å². The summed E-state index contributed by atoms with van der Waals surface area (Å²) in [6.45, 7) is 5.42. The summed E-state index contributed by atoms with van der Waals surface area (Å²) in [5.74, 6) is -0.826. The van der Waals surface area contributed by atoms with Gasteiger partial charge in [-0.3, -0.25) is 14.3 Å². The molecule has 0 aliphatic rings. The van der Waals surface area contributed by atoms with Crippen molar-refractivity contribution in [2.45, 2.75) is 38.8 Å².